The predicted molar refractivity (Wildman–Crippen MR) is 76.4 cm³/mol. The Hall–Kier alpha value is -1.88. The molecule has 5 nitrogen and oxygen atoms in total. The van der Waals surface area contributed by atoms with Gasteiger partial charge >= 0.3 is 0 Å². The van der Waals surface area contributed by atoms with E-state index in [1.807, 2.05) is 25.1 Å². The van der Waals surface area contributed by atoms with Crippen LogP contribution in [0, 0.1) is 0 Å². The molecular weight excluding hydrogens is 256 g/mol. The zero-order valence-corrected chi connectivity index (χ0v) is 12.0. The van der Waals surface area contributed by atoms with Crippen molar-refractivity contribution in [3.63, 3.8) is 0 Å². The Morgan fingerprint density at radius 1 is 1.35 bits per heavy atom. The maximum absolute atomic E-state index is 11.8. The highest BCUT2D eigenvalue weighted by atomic mass is 16.5. The van der Waals surface area contributed by atoms with E-state index in [0.717, 1.165) is 23.2 Å². The molecule has 1 aliphatic rings. The normalized spacial score (nSPS) is 16.9. The van der Waals surface area contributed by atoms with Crippen LogP contribution in [0.3, 0.4) is 0 Å². The second kappa shape index (κ2) is 6.05. The van der Waals surface area contributed by atoms with Gasteiger partial charge in [-0.05, 0) is 37.5 Å². The molecule has 2 rings (SSSR count). The largest absolute Gasteiger partial charge is 0.372 e. The third-order valence-corrected chi connectivity index (χ3v) is 3.61. The molecule has 1 aliphatic heterocycles. The second-order valence-electron chi connectivity index (χ2n) is 5.07. The van der Waals surface area contributed by atoms with E-state index in [4.69, 9.17) is 4.74 Å². The van der Waals surface area contributed by atoms with Crippen LogP contribution in [0.2, 0.25) is 0 Å². The number of rotatable bonds is 4. The van der Waals surface area contributed by atoms with Crippen molar-refractivity contribution in [1.29, 1.82) is 0 Å². The summed E-state index contributed by atoms with van der Waals surface area (Å²) < 4.78 is 4.99. The minimum Gasteiger partial charge on any atom is -0.372 e. The zero-order valence-electron chi connectivity index (χ0n) is 12.0. The van der Waals surface area contributed by atoms with Gasteiger partial charge in [0.05, 0.1) is 6.04 Å². The molecule has 20 heavy (non-hydrogen) atoms. The van der Waals surface area contributed by atoms with Crippen molar-refractivity contribution in [2.45, 2.75) is 38.8 Å². The van der Waals surface area contributed by atoms with Crippen LogP contribution in [0.25, 0.3) is 0 Å². The van der Waals surface area contributed by atoms with E-state index in [0.29, 0.717) is 6.42 Å². The third kappa shape index (κ3) is 3.17. The van der Waals surface area contributed by atoms with Gasteiger partial charge in [0.15, 0.2) is 0 Å². The molecule has 2 N–H and O–H groups in total. The van der Waals surface area contributed by atoms with Gasteiger partial charge in [-0.1, -0.05) is 12.1 Å². The molecule has 0 fully saturated rings. The Bertz CT molecular complexity index is 528. The average molecular weight is 276 g/mol. The fraction of sp³-hybridized carbons (Fsp3) is 0.467. The van der Waals surface area contributed by atoms with Gasteiger partial charge < -0.3 is 15.4 Å². The molecule has 2 atom stereocenters. The fourth-order valence-electron chi connectivity index (χ4n) is 2.19. The van der Waals surface area contributed by atoms with Crippen molar-refractivity contribution in [2.75, 3.05) is 12.4 Å². The molecule has 2 amide bonds. The molecule has 1 aromatic carbocycles. The lowest BCUT2D eigenvalue weighted by molar-refractivity contribution is -0.130. The average Bonchev–Trinajstić information content (AvgIpc) is 2.45. The number of fused-ring (bicyclic) bond motifs is 1. The number of hydrogen-bond acceptors (Lipinski definition) is 3. The van der Waals surface area contributed by atoms with Gasteiger partial charge in [-0.15, -0.1) is 0 Å². The maximum atomic E-state index is 11.8. The van der Waals surface area contributed by atoms with Crippen LogP contribution in [0.5, 0.6) is 0 Å². The molecule has 108 valence electrons. The van der Waals surface area contributed by atoms with Gasteiger partial charge in [-0.25, -0.2) is 0 Å². The molecular formula is C15H20N2O3. The quantitative estimate of drug-likeness (QED) is 0.881. The number of ether oxygens (including phenoxy) is 1. The summed E-state index contributed by atoms with van der Waals surface area (Å²) in [4.78, 5) is 23.1. The number of carbonyl (C=O) groups excluding carboxylic acids is 2. The van der Waals surface area contributed by atoms with Crippen LogP contribution < -0.4 is 10.6 Å². The first kappa shape index (κ1) is 14.5. The smallest absolute Gasteiger partial charge is 0.249 e. The van der Waals surface area contributed by atoms with Crippen LogP contribution in [-0.4, -0.2) is 25.0 Å². The first-order valence-corrected chi connectivity index (χ1v) is 6.77. The number of anilines is 1. The van der Waals surface area contributed by atoms with Gasteiger partial charge in [0, 0.05) is 19.2 Å². The molecule has 0 saturated heterocycles. The fourth-order valence-corrected chi connectivity index (χ4v) is 2.19. The zero-order chi connectivity index (χ0) is 14.7. The van der Waals surface area contributed by atoms with E-state index in [1.54, 1.807) is 6.92 Å². The van der Waals surface area contributed by atoms with Gasteiger partial charge in [0.2, 0.25) is 11.8 Å². The first-order chi connectivity index (χ1) is 9.51. The molecule has 0 saturated carbocycles. The van der Waals surface area contributed by atoms with E-state index in [2.05, 4.69) is 10.6 Å². The molecule has 1 heterocycles. The van der Waals surface area contributed by atoms with Crippen LogP contribution >= 0.6 is 0 Å². The minimum atomic E-state index is -0.464. The summed E-state index contributed by atoms with van der Waals surface area (Å²) >= 11 is 0. The number of carbonyl (C=O) groups is 2. The molecule has 0 bridgehead atoms. The highest BCUT2D eigenvalue weighted by molar-refractivity contribution is 5.93. The Balaban J connectivity index is 2.09. The summed E-state index contributed by atoms with van der Waals surface area (Å²) in [5.41, 5.74) is 3.01. The number of nitrogens with one attached hydrogen (secondary N) is 2. The summed E-state index contributed by atoms with van der Waals surface area (Å²) in [6, 6.07) is 5.76. The summed E-state index contributed by atoms with van der Waals surface area (Å²) in [6.45, 7) is 3.65. The Morgan fingerprint density at radius 3 is 2.80 bits per heavy atom. The van der Waals surface area contributed by atoms with E-state index >= 15 is 0 Å². The first-order valence-electron chi connectivity index (χ1n) is 6.77. The summed E-state index contributed by atoms with van der Waals surface area (Å²) in [6.07, 6.45) is 0.788. The number of amides is 2. The molecule has 0 spiro atoms. The van der Waals surface area contributed by atoms with Crippen molar-refractivity contribution in [3.8, 4) is 0 Å². The monoisotopic (exact) mass is 276 g/mol. The van der Waals surface area contributed by atoms with Crippen molar-refractivity contribution in [1.82, 2.24) is 5.32 Å². The molecule has 1 aromatic rings. The van der Waals surface area contributed by atoms with Crippen LogP contribution in [0.15, 0.2) is 18.2 Å². The summed E-state index contributed by atoms with van der Waals surface area (Å²) in [5.74, 6) is -0.0773. The van der Waals surface area contributed by atoms with E-state index < -0.39 is 6.10 Å². The lowest BCUT2D eigenvalue weighted by atomic mass is 9.97. The van der Waals surface area contributed by atoms with Gasteiger partial charge in [-0.3, -0.25) is 9.59 Å². The van der Waals surface area contributed by atoms with Crippen LogP contribution in [0.4, 0.5) is 5.69 Å². The standard InChI is InChI=1S/C15H20N2O3/c1-9(16-15(19)10(2)20-3)11-4-6-13-12(8-11)5-7-14(18)17-13/h4,6,8-10H,5,7H2,1-3H3,(H,16,19)(H,17,18). The number of benzene rings is 1. The van der Waals surface area contributed by atoms with Crippen molar-refractivity contribution in [3.05, 3.63) is 29.3 Å². The SMILES string of the molecule is COC(C)C(=O)NC(C)c1ccc2c(c1)CCC(=O)N2. The maximum Gasteiger partial charge on any atom is 0.249 e. The predicted octanol–water partition coefficient (Wildman–Crippen LogP) is 1.78. The number of aryl methyl sites for hydroxylation is 1. The topological polar surface area (TPSA) is 67.4 Å². The number of hydrogen-bond donors (Lipinski definition) is 2. The van der Waals surface area contributed by atoms with E-state index in [-0.39, 0.29) is 17.9 Å². The molecule has 5 heteroatoms. The molecule has 0 aromatic heterocycles. The lowest BCUT2D eigenvalue weighted by Gasteiger charge is -2.21. The Labute approximate surface area is 118 Å². The van der Waals surface area contributed by atoms with E-state index in [9.17, 15) is 9.59 Å². The summed E-state index contributed by atoms with van der Waals surface area (Å²) in [5, 5.41) is 5.76. The lowest BCUT2D eigenvalue weighted by Crippen LogP contribution is -2.35. The summed E-state index contributed by atoms with van der Waals surface area (Å²) in [7, 11) is 1.51. The van der Waals surface area contributed by atoms with Gasteiger partial charge in [0.25, 0.3) is 0 Å². The highest BCUT2D eigenvalue weighted by Gasteiger charge is 2.18. The van der Waals surface area contributed by atoms with Crippen LogP contribution in [0.1, 0.15) is 37.4 Å². The molecule has 0 radical (unpaired) electrons. The van der Waals surface area contributed by atoms with Crippen molar-refractivity contribution in [2.24, 2.45) is 0 Å². The van der Waals surface area contributed by atoms with Gasteiger partial charge in [-0.2, -0.15) is 0 Å². The number of methoxy groups -OCH3 is 1. The molecule has 2 unspecified atom stereocenters. The van der Waals surface area contributed by atoms with Crippen LogP contribution in [-0.2, 0) is 20.7 Å². The van der Waals surface area contributed by atoms with E-state index in [1.165, 1.54) is 7.11 Å². The highest BCUT2D eigenvalue weighted by Crippen LogP contribution is 2.26. The van der Waals surface area contributed by atoms with Crippen molar-refractivity contribution < 1.29 is 14.3 Å². The Kier molecular flexibility index (Phi) is 4.39. The second-order valence-corrected chi connectivity index (χ2v) is 5.07. The minimum absolute atomic E-state index is 0.0560. The third-order valence-electron chi connectivity index (χ3n) is 3.61. The van der Waals surface area contributed by atoms with Crippen molar-refractivity contribution >= 4 is 17.5 Å². The van der Waals surface area contributed by atoms with Gasteiger partial charge in [0.1, 0.15) is 6.10 Å². The molecule has 0 aliphatic carbocycles. The Morgan fingerprint density at radius 2 is 2.10 bits per heavy atom.